The van der Waals surface area contributed by atoms with Crippen molar-refractivity contribution in [2.45, 2.75) is 6.92 Å². The zero-order valence-electron chi connectivity index (χ0n) is 18.4. The third-order valence-corrected chi connectivity index (χ3v) is 6.01. The summed E-state index contributed by atoms with van der Waals surface area (Å²) in [4.78, 5) is 28.3. The minimum absolute atomic E-state index is 0.210. The molecule has 0 bridgehead atoms. The molecule has 4 aromatic carbocycles. The first-order valence-electron chi connectivity index (χ1n) is 11.1. The first-order chi connectivity index (χ1) is 16.2. The molecule has 3 nitrogen and oxygen atoms in total. The zero-order valence-corrected chi connectivity index (χ0v) is 18.4. The number of carbonyl (C=O) groups is 2. The summed E-state index contributed by atoms with van der Waals surface area (Å²) in [5, 5.41) is 0. The van der Waals surface area contributed by atoms with E-state index in [1.54, 1.807) is 12.1 Å². The second-order valence-corrected chi connectivity index (χ2v) is 8.01. The second-order valence-electron chi connectivity index (χ2n) is 8.01. The van der Waals surface area contributed by atoms with Crippen molar-refractivity contribution in [2.75, 3.05) is 11.4 Å². The quantitative estimate of drug-likeness (QED) is 0.254. The summed E-state index contributed by atoms with van der Waals surface area (Å²) < 4.78 is 0. The number of rotatable bonds is 5. The molecule has 0 radical (unpaired) electrons. The molecule has 0 aromatic heterocycles. The highest BCUT2D eigenvalue weighted by atomic mass is 16.2. The lowest BCUT2D eigenvalue weighted by molar-refractivity contribution is 0.0990. The van der Waals surface area contributed by atoms with Crippen LogP contribution in [0.25, 0.3) is 17.2 Å². The number of Topliss-reactive ketones (excluding diaryl/α,β-unsaturated/α-hetero) is 2. The van der Waals surface area contributed by atoms with E-state index in [9.17, 15) is 9.59 Å². The van der Waals surface area contributed by atoms with Crippen LogP contribution in [0.2, 0.25) is 0 Å². The minimum Gasteiger partial charge on any atom is -0.342 e. The first kappa shape index (κ1) is 20.7. The molecule has 0 N–H and O–H groups in total. The van der Waals surface area contributed by atoms with E-state index in [4.69, 9.17) is 0 Å². The summed E-state index contributed by atoms with van der Waals surface area (Å²) in [5.74, 6) is -0.422. The average Bonchev–Trinajstić information content (AvgIpc) is 3.11. The van der Waals surface area contributed by atoms with Crippen LogP contribution in [0.15, 0.2) is 109 Å². The molecule has 3 heteroatoms. The molecule has 0 saturated heterocycles. The smallest absolute Gasteiger partial charge is 0.197 e. The molecule has 0 atom stereocenters. The van der Waals surface area contributed by atoms with E-state index in [1.807, 2.05) is 84.9 Å². The van der Waals surface area contributed by atoms with Gasteiger partial charge in [-0.3, -0.25) is 9.59 Å². The van der Waals surface area contributed by atoms with Crippen molar-refractivity contribution >= 4 is 29.0 Å². The molecule has 0 fully saturated rings. The van der Waals surface area contributed by atoms with Gasteiger partial charge in [0.1, 0.15) is 0 Å². The number of hydrogen-bond donors (Lipinski definition) is 0. The van der Waals surface area contributed by atoms with Gasteiger partial charge >= 0.3 is 0 Å². The van der Waals surface area contributed by atoms with Crippen molar-refractivity contribution in [3.8, 4) is 11.1 Å². The predicted octanol–water partition coefficient (Wildman–Crippen LogP) is 6.97. The number of anilines is 2. The molecular weight excluding hydrogens is 406 g/mol. The van der Waals surface area contributed by atoms with Crippen LogP contribution in [0.5, 0.6) is 0 Å². The van der Waals surface area contributed by atoms with Gasteiger partial charge in [-0.15, -0.1) is 0 Å². The van der Waals surface area contributed by atoms with Crippen LogP contribution in [-0.4, -0.2) is 18.1 Å². The summed E-state index contributed by atoms with van der Waals surface area (Å²) in [6.07, 6.45) is 1.70. The highest BCUT2D eigenvalue weighted by Crippen LogP contribution is 2.32. The number of para-hydroxylation sites is 1. The van der Waals surface area contributed by atoms with Crippen molar-refractivity contribution < 1.29 is 9.59 Å². The molecule has 0 unspecified atom stereocenters. The van der Waals surface area contributed by atoms with E-state index in [1.165, 1.54) is 0 Å². The Labute approximate surface area is 193 Å². The Morgan fingerprint density at radius 1 is 0.636 bits per heavy atom. The maximum Gasteiger partial charge on any atom is 0.197 e. The van der Waals surface area contributed by atoms with Gasteiger partial charge in [-0.2, -0.15) is 0 Å². The maximum absolute atomic E-state index is 13.1. The van der Waals surface area contributed by atoms with E-state index < -0.39 is 0 Å². The first-order valence-corrected chi connectivity index (χ1v) is 11.1. The van der Waals surface area contributed by atoms with Gasteiger partial charge in [0.2, 0.25) is 0 Å². The lowest BCUT2D eigenvalue weighted by atomic mass is 10.0. The van der Waals surface area contributed by atoms with Gasteiger partial charge in [0, 0.05) is 29.0 Å². The Bertz CT molecular complexity index is 1350. The van der Waals surface area contributed by atoms with Crippen LogP contribution in [0.3, 0.4) is 0 Å². The largest absolute Gasteiger partial charge is 0.342 e. The average molecular weight is 430 g/mol. The Morgan fingerprint density at radius 3 is 1.91 bits per heavy atom. The molecule has 0 amide bonds. The molecule has 0 saturated carbocycles. The lowest BCUT2D eigenvalue weighted by Gasteiger charge is -2.23. The van der Waals surface area contributed by atoms with Crippen LogP contribution in [0.1, 0.15) is 33.2 Å². The zero-order chi connectivity index (χ0) is 22.8. The standard InChI is InChI=1S/C30H23NO2/c1-2-31(24-11-7-4-8-12-24)25-16-13-21(14-17-25)19-28-29(32)26-18-15-23(20-27(26)30(28)33)22-9-5-3-6-10-22/h3-20H,2H2,1H3/b28-19+. The molecule has 0 heterocycles. The molecule has 5 rings (SSSR count). The molecule has 33 heavy (non-hydrogen) atoms. The van der Waals surface area contributed by atoms with Crippen LogP contribution in [0.4, 0.5) is 11.4 Å². The molecule has 0 aliphatic heterocycles. The SMILES string of the molecule is CCN(c1ccccc1)c1ccc(/C=C2\C(=O)c3ccc(-c4ccccc4)cc3C2=O)cc1. The molecule has 4 aromatic rings. The number of allylic oxidation sites excluding steroid dienone is 1. The normalized spacial score (nSPS) is 13.9. The van der Waals surface area contributed by atoms with Crippen molar-refractivity contribution in [2.24, 2.45) is 0 Å². The van der Waals surface area contributed by atoms with Gasteiger partial charge in [0.25, 0.3) is 0 Å². The molecule has 160 valence electrons. The molecule has 0 spiro atoms. The number of hydrogen-bond acceptors (Lipinski definition) is 3. The second kappa shape index (κ2) is 8.71. The Hall–Kier alpha value is -4.24. The van der Waals surface area contributed by atoms with Crippen molar-refractivity contribution in [3.05, 3.63) is 125 Å². The van der Waals surface area contributed by atoms with Gasteiger partial charge in [-0.05, 0) is 66.1 Å². The van der Waals surface area contributed by atoms with Crippen LogP contribution in [0, 0.1) is 0 Å². The Morgan fingerprint density at radius 2 is 1.24 bits per heavy atom. The number of nitrogens with zero attached hydrogens (tertiary/aromatic N) is 1. The fraction of sp³-hybridized carbons (Fsp3) is 0.0667. The highest BCUT2D eigenvalue weighted by Gasteiger charge is 2.33. The topological polar surface area (TPSA) is 37.4 Å². The van der Waals surface area contributed by atoms with Gasteiger partial charge < -0.3 is 4.90 Å². The van der Waals surface area contributed by atoms with Gasteiger partial charge in [-0.25, -0.2) is 0 Å². The molecule has 1 aliphatic rings. The minimum atomic E-state index is -0.212. The van der Waals surface area contributed by atoms with E-state index in [2.05, 4.69) is 24.0 Å². The van der Waals surface area contributed by atoms with Crippen molar-refractivity contribution in [1.29, 1.82) is 0 Å². The van der Waals surface area contributed by atoms with E-state index >= 15 is 0 Å². The van der Waals surface area contributed by atoms with Gasteiger partial charge in [0.05, 0.1) is 5.57 Å². The Balaban J connectivity index is 1.43. The third kappa shape index (κ3) is 3.90. The van der Waals surface area contributed by atoms with E-state index in [0.717, 1.165) is 34.6 Å². The summed E-state index contributed by atoms with van der Waals surface area (Å²) in [5.41, 5.74) is 6.14. The highest BCUT2D eigenvalue weighted by molar-refractivity contribution is 6.41. The Kier molecular flexibility index (Phi) is 5.45. The van der Waals surface area contributed by atoms with Gasteiger partial charge in [0.15, 0.2) is 11.6 Å². The summed E-state index contributed by atoms with van der Waals surface area (Å²) in [6, 6.07) is 33.5. The number of benzene rings is 4. The predicted molar refractivity (Wildman–Crippen MR) is 134 cm³/mol. The molecular formula is C30H23NO2. The number of carbonyl (C=O) groups excluding carboxylic acids is 2. The maximum atomic E-state index is 13.1. The fourth-order valence-corrected chi connectivity index (χ4v) is 4.30. The lowest BCUT2D eigenvalue weighted by Crippen LogP contribution is -2.15. The van der Waals surface area contributed by atoms with Crippen molar-refractivity contribution in [3.63, 3.8) is 0 Å². The fourth-order valence-electron chi connectivity index (χ4n) is 4.30. The van der Waals surface area contributed by atoms with Crippen molar-refractivity contribution in [1.82, 2.24) is 0 Å². The van der Waals surface area contributed by atoms with Gasteiger partial charge in [-0.1, -0.05) is 66.7 Å². The molecule has 1 aliphatic carbocycles. The van der Waals surface area contributed by atoms with Crippen LogP contribution >= 0.6 is 0 Å². The van der Waals surface area contributed by atoms with E-state index in [-0.39, 0.29) is 17.1 Å². The third-order valence-electron chi connectivity index (χ3n) is 6.01. The van der Waals surface area contributed by atoms with Crippen LogP contribution < -0.4 is 4.90 Å². The summed E-state index contributed by atoms with van der Waals surface area (Å²) in [6.45, 7) is 2.94. The number of fused-ring (bicyclic) bond motifs is 1. The monoisotopic (exact) mass is 429 g/mol. The summed E-state index contributed by atoms with van der Waals surface area (Å²) >= 11 is 0. The van der Waals surface area contributed by atoms with E-state index in [0.29, 0.717) is 11.1 Å². The number of ketones is 2. The van der Waals surface area contributed by atoms with Crippen LogP contribution in [-0.2, 0) is 0 Å². The summed E-state index contributed by atoms with van der Waals surface area (Å²) in [7, 11) is 0.